The Morgan fingerprint density at radius 1 is 0.746 bits per heavy atom. The summed E-state index contributed by atoms with van der Waals surface area (Å²) in [5.74, 6) is -7.94. The van der Waals surface area contributed by atoms with Crippen LogP contribution in [0.15, 0.2) is 30.3 Å². The van der Waals surface area contributed by atoms with Crippen molar-refractivity contribution < 1.29 is 58.5 Å². The van der Waals surface area contributed by atoms with Gasteiger partial charge in [0.2, 0.25) is 47.3 Å². The van der Waals surface area contributed by atoms with Crippen molar-refractivity contribution in [3.8, 4) is 0 Å². The third-order valence-electron chi connectivity index (χ3n) is 11.2. The molecule has 0 radical (unpaired) electrons. The summed E-state index contributed by atoms with van der Waals surface area (Å²) >= 11 is 0. The number of primary amides is 1. The monoisotopic (exact) mass is 887 g/mol. The molecule has 0 unspecified atom stereocenters. The van der Waals surface area contributed by atoms with Crippen molar-refractivity contribution in [3.05, 3.63) is 35.9 Å². The minimum Gasteiger partial charge on any atom is -0.480 e. The highest BCUT2D eigenvalue weighted by atomic mass is 16.4. The van der Waals surface area contributed by atoms with Gasteiger partial charge in [0.05, 0.1) is 19.3 Å². The molecule has 2 saturated heterocycles. The van der Waals surface area contributed by atoms with E-state index in [-0.39, 0.29) is 56.4 Å². The molecule has 2 aliphatic rings. The van der Waals surface area contributed by atoms with Gasteiger partial charge in [0.1, 0.15) is 42.3 Å². The quantitative estimate of drug-likeness (QED) is 0.0477. The van der Waals surface area contributed by atoms with Crippen molar-refractivity contribution in [2.45, 2.75) is 134 Å². The minimum absolute atomic E-state index is 0.0816. The summed E-state index contributed by atoms with van der Waals surface area (Å²) in [5.41, 5.74) is 5.76. The second-order valence-corrected chi connectivity index (χ2v) is 16.5. The zero-order valence-electron chi connectivity index (χ0n) is 36.4. The van der Waals surface area contributed by atoms with Crippen molar-refractivity contribution in [2.75, 3.05) is 26.3 Å². The standard InChI is InChI=1S/C42H65N9O12/c1-5-24(4)34(50-35(55)26-13-9-17-44-26)40(60)46-28(19-23(2)3)36(56)48-31(22-53)38(58)49-30(21-52)37(57)47-29(20-25-11-7-6-8-12-25)41(61)51-18-10-14-32(51)39(59)45-27(42(62)63)15-16-33(43)54/h6-8,11-12,23-24,26-32,34,44,52-53H,5,9-10,13-22H2,1-4H3,(H2,43,54)(H,45,59)(H,46,60)(H,47,57)(H,48,56)(H,49,58)(H,50,55)(H,62,63)/t24-,26-,27-,28-,29-,30-,31-,32-,34-/m0/s1. The van der Waals surface area contributed by atoms with E-state index >= 15 is 0 Å². The van der Waals surface area contributed by atoms with Gasteiger partial charge < -0.3 is 63.2 Å². The molecule has 1 aromatic rings. The van der Waals surface area contributed by atoms with Crippen LogP contribution in [0.3, 0.4) is 0 Å². The van der Waals surface area contributed by atoms with Crippen LogP contribution in [0.25, 0.3) is 0 Å². The fourth-order valence-corrected chi connectivity index (χ4v) is 7.40. The first kappa shape index (κ1) is 51.7. The maximum absolute atomic E-state index is 14.1. The van der Waals surface area contributed by atoms with Crippen molar-refractivity contribution in [1.82, 2.24) is 42.1 Å². The predicted octanol–water partition coefficient (Wildman–Crippen LogP) is -2.69. The molecule has 350 valence electrons. The number of carboxylic acid groups (broad SMARTS) is 1. The van der Waals surface area contributed by atoms with Gasteiger partial charge in [0.25, 0.3) is 0 Å². The van der Waals surface area contributed by atoms with E-state index in [2.05, 4.69) is 37.2 Å². The molecule has 3 rings (SSSR count). The molecular weight excluding hydrogens is 823 g/mol. The summed E-state index contributed by atoms with van der Waals surface area (Å²) in [4.78, 5) is 119. The molecular formula is C42H65N9O12. The van der Waals surface area contributed by atoms with Crippen LogP contribution in [0.2, 0.25) is 0 Å². The fourth-order valence-electron chi connectivity index (χ4n) is 7.40. The largest absolute Gasteiger partial charge is 0.480 e. The van der Waals surface area contributed by atoms with Crippen LogP contribution >= 0.6 is 0 Å². The third-order valence-corrected chi connectivity index (χ3v) is 11.2. The van der Waals surface area contributed by atoms with Crippen LogP contribution in [0.5, 0.6) is 0 Å². The van der Waals surface area contributed by atoms with Gasteiger partial charge in [0, 0.05) is 19.4 Å². The van der Waals surface area contributed by atoms with E-state index in [9.17, 15) is 58.5 Å². The van der Waals surface area contributed by atoms with E-state index in [1.807, 2.05) is 20.8 Å². The highest BCUT2D eigenvalue weighted by Crippen LogP contribution is 2.21. The molecule has 0 aromatic heterocycles. The molecule has 2 heterocycles. The van der Waals surface area contributed by atoms with E-state index in [1.54, 1.807) is 37.3 Å². The Balaban J connectivity index is 1.75. The van der Waals surface area contributed by atoms with Gasteiger partial charge in [-0.1, -0.05) is 64.4 Å². The van der Waals surface area contributed by atoms with Gasteiger partial charge in [-0.3, -0.25) is 38.4 Å². The lowest BCUT2D eigenvalue weighted by Crippen LogP contribution is -2.61. The Bertz CT molecular complexity index is 1760. The average Bonchev–Trinajstić information content (AvgIpc) is 3.98. The molecule has 21 heteroatoms. The second kappa shape index (κ2) is 25.4. The van der Waals surface area contributed by atoms with Crippen molar-refractivity contribution >= 4 is 53.2 Å². The number of carbonyl (C=O) groups is 9. The second-order valence-electron chi connectivity index (χ2n) is 16.5. The lowest BCUT2D eigenvalue weighted by atomic mass is 9.96. The first-order valence-corrected chi connectivity index (χ1v) is 21.5. The smallest absolute Gasteiger partial charge is 0.326 e. The first-order chi connectivity index (χ1) is 29.9. The number of aliphatic carboxylic acids is 1. The maximum Gasteiger partial charge on any atom is 0.326 e. The van der Waals surface area contributed by atoms with Crippen molar-refractivity contribution in [2.24, 2.45) is 17.6 Å². The molecule has 2 fully saturated rings. The normalized spacial score (nSPS) is 19.3. The Kier molecular flexibility index (Phi) is 20.9. The molecule has 0 aliphatic carbocycles. The number of carbonyl (C=O) groups excluding carboxylic acids is 8. The van der Waals surface area contributed by atoms with Crippen LogP contribution in [0.1, 0.15) is 84.6 Å². The minimum atomic E-state index is -1.70. The van der Waals surface area contributed by atoms with Gasteiger partial charge in [-0.2, -0.15) is 0 Å². The number of amides is 8. The molecule has 9 atom stereocenters. The molecule has 2 aliphatic heterocycles. The van der Waals surface area contributed by atoms with Gasteiger partial charge in [-0.05, 0) is 62.5 Å². The first-order valence-electron chi connectivity index (χ1n) is 21.5. The summed E-state index contributed by atoms with van der Waals surface area (Å²) < 4.78 is 0. The Morgan fingerprint density at radius 2 is 1.33 bits per heavy atom. The number of nitrogens with zero attached hydrogens (tertiary/aromatic N) is 1. The van der Waals surface area contributed by atoms with Crippen LogP contribution in [-0.4, -0.2) is 148 Å². The molecule has 0 saturated carbocycles. The van der Waals surface area contributed by atoms with E-state index in [0.29, 0.717) is 31.4 Å². The Hall–Kier alpha value is -5.67. The molecule has 1 aromatic carbocycles. The van der Waals surface area contributed by atoms with Gasteiger partial charge in [0.15, 0.2) is 0 Å². The van der Waals surface area contributed by atoms with Crippen molar-refractivity contribution in [1.29, 1.82) is 0 Å². The number of nitrogens with two attached hydrogens (primary N) is 1. The van der Waals surface area contributed by atoms with Gasteiger partial charge in [-0.25, -0.2) is 4.79 Å². The van der Waals surface area contributed by atoms with E-state index in [4.69, 9.17) is 5.73 Å². The van der Waals surface area contributed by atoms with Crippen LogP contribution in [0, 0.1) is 11.8 Å². The lowest BCUT2D eigenvalue weighted by Gasteiger charge is -2.30. The topological polar surface area (TPSA) is 328 Å². The SMILES string of the molecule is CC[C@H](C)[C@H](NC(=O)[C@@H]1CCCN1)C(=O)N[C@@H](CC(C)C)C(=O)N[C@@H](CO)C(=O)N[C@@H](CO)C(=O)N[C@@H](Cc1ccccc1)C(=O)N1CCC[C@H]1C(=O)N[C@@H](CCC(N)=O)C(=O)O. The van der Waals surface area contributed by atoms with Crippen molar-refractivity contribution in [3.63, 3.8) is 0 Å². The summed E-state index contributed by atoms with van der Waals surface area (Å²) in [6.45, 7) is 6.11. The lowest BCUT2D eigenvalue weighted by molar-refractivity contribution is -0.145. The predicted molar refractivity (Wildman–Crippen MR) is 227 cm³/mol. The number of nitrogens with one attached hydrogen (secondary N) is 7. The molecule has 12 N–H and O–H groups in total. The number of benzene rings is 1. The summed E-state index contributed by atoms with van der Waals surface area (Å²) in [6.07, 6.45) is 1.97. The van der Waals surface area contributed by atoms with E-state index in [0.717, 1.165) is 6.42 Å². The van der Waals surface area contributed by atoms with E-state index in [1.165, 1.54) is 4.90 Å². The molecule has 21 nitrogen and oxygen atoms in total. The number of carboxylic acids is 1. The zero-order valence-corrected chi connectivity index (χ0v) is 36.4. The van der Waals surface area contributed by atoms with E-state index < -0.39 is 109 Å². The van der Waals surface area contributed by atoms with Gasteiger partial charge in [-0.15, -0.1) is 0 Å². The summed E-state index contributed by atoms with van der Waals surface area (Å²) in [5, 5.41) is 48.3. The Labute approximate surface area is 366 Å². The number of rotatable bonds is 25. The van der Waals surface area contributed by atoms with Gasteiger partial charge >= 0.3 is 5.97 Å². The number of hydrogen-bond acceptors (Lipinski definition) is 12. The zero-order chi connectivity index (χ0) is 46.8. The molecule has 8 amide bonds. The highest BCUT2D eigenvalue weighted by molar-refractivity contribution is 5.98. The third kappa shape index (κ3) is 15.9. The molecule has 0 bridgehead atoms. The van der Waals surface area contributed by atoms with Crippen LogP contribution < -0.4 is 43.0 Å². The Morgan fingerprint density at radius 3 is 1.86 bits per heavy atom. The number of aliphatic hydroxyl groups excluding tert-OH is 2. The van der Waals surface area contributed by atoms with Crippen LogP contribution in [-0.2, 0) is 49.6 Å². The highest BCUT2D eigenvalue weighted by Gasteiger charge is 2.40. The fraction of sp³-hybridized carbons (Fsp3) is 0.643. The maximum atomic E-state index is 14.1. The number of hydrogen-bond donors (Lipinski definition) is 11. The molecule has 0 spiro atoms. The van der Waals surface area contributed by atoms with Crippen LogP contribution in [0.4, 0.5) is 0 Å². The number of aliphatic hydroxyl groups is 2. The average molecular weight is 888 g/mol. The summed E-state index contributed by atoms with van der Waals surface area (Å²) in [7, 11) is 0. The summed E-state index contributed by atoms with van der Waals surface area (Å²) in [6, 6.07) is -1.36. The molecule has 63 heavy (non-hydrogen) atoms. The number of likely N-dealkylation sites (tertiary alicyclic amines) is 1.